The van der Waals surface area contributed by atoms with E-state index in [9.17, 15) is 5.26 Å². The number of hydrogen-bond acceptors (Lipinski definition) is 1. The van der Waals surface area contributed by atoms with Crippen LogP contribution in [-0.4, -0.2) is 0 Å². The second-order valence-corrected chi connectivity index (χ2v) is 7.41. The minimum Gasteiger partial charge on any atom is -0.198 e. The lowest BCUT2D eigenvalue weighted by molar-refractivity contribution is 0.144. The summed E-state index contributed by atoms with van der Waals surface area (Å²) in [6.07, 6.45) is 7.17. The molecular weight excluding hydrogens is 218 g/mol. The molecule has 0 radical (unpaired) electrons. The summed E-state index contributed by atoms with van der Waals surface area (Å²) in [5.41, 5.74) is -0.000301. The van der Waals surface area contributed by atoms with Crippen molar-refractivity contribution in [2.45, 2.75) is 73.1 Å². The van der Waals surface area contributed by atoms with Crippen molar-refractivity contribution < 1.29 is 0 Å². The molecule has 1 nitrogen and oxygen atoms in total. The van der Waals surface area contributed by atoms with Gasteiger partial charge in [0, 0.05) is 0 Å². The van der Waals surface area contributed by atoms with Crippen molar-refractivity contribution in [2.75, 3.05) is 0 Å². The van der Waals surface area contributed by atoms with Gasteiger partial charge in [-0.1, -0.05) is 34.6 Å². The van der Waals surface area contributed by atoms with Crippen molar-refractivity contribution in [3.63, 3.8) is 0 Å². The van der Waals surface area contributed by atoms with E-state index in [1.165, 1.54) is 19.3 Å². The van der Waals surface area contributed by atoms with Gasteiger partial charge >= 0.3 is 0 Å². The molecule has 18 heavy (non-hydrogen) atoms. The third-order valence-corrected chi connectivity index (χ3v) is 4.78. The zero-order valence-corrected chi connectivity index (χ0v) is 13.0. The lowest BCUT2D eigenvalue weighted by atomic mass is 9.65. The zero-order chi connectivity index (χ0) is 13.8. The largest absolute Gasteiger partial charge is 0.198 e. The summed E-state index contributed by atoms with van der Waals surface area (Å²) in [4.78, 5) is 0. The first-order valence-electron chi connectivity index (χ1n) is 7.80. The van der Waals surface area contributed by atoms with E-state index in [4.69, 9.17) is 0 Å². The first-order chi connectivity index (χ1) is 8.38. The fraction of sp³-hybridized carbons (Fsp3) is 0.941. The Kier molecular flexibility index (Phi) is 5.70. The molecule has 1 aliphatic carbocycles. The molecule has 1 atom stereocenters. The Labute approximate surface area is 114 Å². The molecule has 1 fully saturated rings. The first-order valence-corrected chi connectivity index (χ1v) is 7.80. The SMILES string of the molecule is CC(C)CC(C)CC1(C#N)CCC(C(C)C)CC1. The molecule has 104 valence electrons. The van der Waals surface area contributed by atoms with Gasteiger partial charge in [-0.25, -0.2) is 0 Å². The van der Waals surface area contributed by atoms with Crippen molar-refractivity contribution >= 4 is 0 Å². The standard InChI is InChI=1S/C17H31N/c1-13(2)10-15(5)11-17(12-18)8-6-16(7-9-17)14(3)4/h13-16H,6-11H2,1-5H3. The molecule has 0 amide bonds. The average Bonchev–Trinajstić information content (AvgIpc) is 2.28. The summed E-state index contributed by atoms with van der Waals surface area (Å²) in [5, 5.41) is 9.60. The molecule has 0 aromatic heterocycles. The molecule has 1 heteroatoms. The molecule has 0 N–H and O–H groups in total. The molecule has 1 rings (SSSR count). The maximum absolute atomic E-state index is 9.60. The monoisotopic (exact) mass is 249 g/mol. The van der Waals surface area contributed by atoms with Crippen LogP contribution in [0.3, 0.4) is 0 Å². The molecule has 0 saturated heterocycles. The predicted molar refractivity (Wildman–Crippen MR) is 78.1 cm³/mol. The molecule has 0 aromatic carbocycles. The molecule has 1 aliphatic rings. The number of nitriles is 1. The van der Waals surface area contributed by atoms with Crippen molar-refractivity contribution in [1.29, 1.82) is 5.26 Å². The molecule has 0 bridgehead atoms. The maximum atomic E-state index is 9.60. The number of rotatable bonds is 5. The highest BCUT2D eigenvalue weighted by atomic mass is 14.4. The fourth-order valence-corrected chi connectivity index (χ4v) is 3.78. The molecule has 0 heterocycles. The lowest BCUT2D eigenvalue weighted by Crippen LogP contribution is -2.30. The van der Waals surface area contributed by atoms with Crippen LogP contribution >= 0.6 is 0 Å². The summed E-state index contributed by atoms with van der Waals surface area (Å²) in [7, 11) is 0. The van der Waals surface area contributed by atoms with Gasteiger partial charge in [0.2, 0.25) is 0 Å². The van der Waals surface area contributed by atoms with E-state index in [-0.39, 0.29) is 5.41 Å². The van der Waals surface area contributed by atoms with E-state index < -0.39 is 0 Å². The minimum absolute atomic E-state index is 0.000301. The van der Waals surface area contributed by atoms with E-state index >= 15 is 0 Å². The van der Waals surface area contributed by atoms with Gasteiger partial charge in [-0.15, -0.1) is 0 Å². The van der Waals surface area contributed by atoms with Crippen molar-refractivity contribution in [3.05, 3.63) is 0 Å². The van der Waals surface area contributed by atoms with E-state index in [1.54, 1.807) is 0 Å². The Morgan fingerprint density at radius 2 is 1.67 bits per heavy atom. The van der Waals surface area contributed by atoms with Crippen LogP contribution in [0.1, 0.15) is 73.1 Å². The molecule has 0 aliphatic heterocycles. The fourth-order valence-electron chi connectivity index (χ4n) is 3.78. The van der Waals surface area contributed by atoms with Gasteiger partial charge in [-0.05, 0) is 62.2 Å². The molecule has 0 spiro atoms. The topological polar surface area (TPSA) is 23.8 Å². The van der Waals surface area contributed by atoms with Crippen LogP contribution < -0.4 is 0 Å². The molecule has 1 unspecified atom stereocenters. The third kappa shape index (κ3) is 4.30. The lowest BCUT2D eigenvalue weighted by Gasteiger charge is -2.38. The third-order valence-electron chi connectivity index (χ3n) is 4.78. The molecule has 0 aromatic rings. The Morgan fingerprint density at radius 3 is 2.06 bits per heavy atom. The minimum atomic E-state index is -0.000301. The highest BCUT2D eigenvalue weighted by Crippen LogP contribution is 2.45. The Hall–Kier alpha value is -0.510. The summed E-state index contributed by atoms with van der Waals surface area (Å²) >= 11 is 0. The van der Waals surface area contributed by atoms with E-state index in [2.05, 4.69) is 40.7 Å². The first kappa shape index (κ1) is 15.5. The Bertz CT molecular complexity index is 276. The van der Waals surface area contributed by atoms with Gasteiger partial charge < -0.3 is 0 Å². The van der Waals surface area contributed by atoms with E-state index in [0.29, 0.717) is 5.92 Å². The van der Waals surface area contributed by atoms with Crippen LogP contribution in [0, 0.1) is 40.4 Å². The summed E-state index contributed by atoms with van der Waals surface area (Å²) in [5.74, 6) is 3.09. The highest BCUT2D eigenvalue weighted by molar-refractivity contribution is 5.02. The second kappa shape index (κ2) is 6.60. The van der Waals surface area contributed by atoms with Gasteiger partial charge in [0.15, 0.2) is 0 Å². The van der Waals surface area contributed by atoms with Gasteiger partial charge in [0.05, 0.1) is 11.5 Å². The van der Waals surface area contributed by atoms with Crippen LogP contribution in [0.25, 0.3) is 0 Å². The van der Waals surface area contributed by atoms with Gasteiger partial charge in [-0.3, -0.25) is 0 Å². The van der Waals surface area contributed by atoms with Gasteiger partial charge in [0.25, 0.3) is 0 Å². The summed E-state index contributed by atoms with van der Waals surface area (Å²) < 4.78 is 0. The highest BCUT2D eigenvalue weighted by Gasteiger charge is 2.37. The van der Waals surface area contributed by atoms with Crippen molar-refractivity contribution in [1.82, 2.24) is 0 Å². The number of hydrogen-bond donors (Lipinski definition) is 0. The summed E-state index contributed by atoms with van der Waals surface area (Å²) in [6.45, 7) is 11.5. The van der Waals surface area contributed by atoms with Crippen molar-refractivity contribution in [3.8, 4) is 6.07 Å². The maximum Gasteiger partial charge on any atom is 0.0689 e. The van der Waals surface area contributed by atoms with E-state index in [0.717, 1.165) is 37.0 Å². The second-order valence-electron chi connectivity index (χ2n) is 7.41. The van der Waals surface area contributed by atoms with Crippen LogP contribution in [0.15, 0.2) is 0 Å². The quantitative estimate of drug-likeness (QED) is 0.638. The Balaban J connectivity index is 2.53. The average molecular weight is 249 g/mol. The van der Waals surface area contributed by atoms with Crippen LogP contribution in [-0.2, 0) is 0 Å². The van der Waals surface area contributed by atoms with Crippen LogP contribution in [0.4, 0.5) is 0 Å². The summed E-state index contributed by atoms with van der Waals surface area (Å²) in [6, 6.07) is 2.68. The van der Waals surface area contributed by atoms with Crippen LogP contribution in [0.2, 0.25) is 0 Å². The smallest absolute Gasteiger partial charge is 0.0689 e. The van der Waals surface area contributed by atoms with Crippen LogP contribution in [0.5, 0.6) is 0 Å². The van der Waals surface area contributed by atoms with E-state index in [1.807, 2.05) is 0 Å². The number of nitrogens with zero attached hydrogens (tertiary/aromatic N) is 1. The normalized spacial score (nSPS) is 30.4. The van der Waals surface area contributed by atoms with Gasteiger partial charge in [0.1, 0.15) is 0 Å². The van der Waals surface area contributed by atoms with Crippen molar-refractivity contribution in [2.24, 2.45) is 29.1 Å². The Morgan fingerprint density at radius 1 is 1.11 bits per heavy atom. The zero-order valence-electron chi connectivity index (χ0n) is 13.0. The van der Waals surface area contributed by atoms with Gasteiger partial charge in [-0.2, -0.15) is 5.26 Å². The molecule has 1 saturated carbocycles. The molecular formula is C17H31N. The predicted octanol–water partition coefficient (Wildman–Crippen LogP) is 5.41.